The summed E-state index contributed by atoms with van der Waals surface area (Å²) in [4.78, 5) is 2.39. The molecular weight excluding hydrogens is 162 g/mol. The molecule has 0 aromatic carbocycles. The molecule has 1 aliphatic rings. The molecule has 1 aliphatic heterocycles. The van der Waals surface area contributed by atoms with E-state index < -0.39 is 0 Å². The Morgan fingerprint density at radius 2 is 1.38 bits per heavy atom. The minimum absolute atomic E-state index is 0.422. The van der Waals surface area contributed by atoms with Crippen LogP contribution < -0.4 is 0 Å². The average Bonchev–Trinajstić information content (AvgIpc) is 2.03. The molecule has 2 unspecified atom stereocenters. The van der Waals surface area contributed by atoms with Gasteiger partial charge < -0.3 is 9.64 Å². The molecule has 2 heteroatoms. The average molecular weight is 185 g/mol. The molecule has 0 saturated carbocycles. The summed E-state index contributed by atoms with van der Waals surface area (Å²) in [5.41, 5.74) is 0. The fourth-order valence-corrected chi connectivity index (χ4v) is 1.74. The van der Waals surface area contributed by atoms with Gasteiger partial charge in [0.15, 0.2) is 0 Å². The van der Waals surface area contributed by atoms with E-state index in [1.165, 1.54) is 0 Å². The van der Waals surface area contributed by atoms with E-state index >= 15 is 0 Å². The first-order valence-corrected chi connectivity index (χ1v) is 5.34. The first-order chi connectivity index (χ1) is 6.00. The smallest absolute Gasteiger partial charge is 0.0729 e. The van der Waals surface area contributed by atoms with Gasteiger partial charge in [-0.05, 0) is 18.9 Å². The van der Waals surface area contributed by atoms with E-state index in [2.05, 4.69) is 39.6 Å². The van der Waals surface area contributed by atoms with Gasteiger partial charge in [0.2, 0.25) is 0 Å². The lowest BCUT2D eigenvalue weighted by Crippen LogP contribution is -2.49. The van der Waals surface area contributed by atoms with Crippen LogP contribution in [-0.2, 0) is 4.74 Å². The van der Waals surface area contributed by atoms with Crippen LogP contribution in [0.4, 0.5) is 0 Å². The Morgan fingerprint density at radius 1 is 1.00 bits per heavy atom. The lowest BCUT2D eigenvalue weighted by Gasteiger charge is -2.39. The Labute approximate surface area is 82.3 Å². The summed E-state index contributed by atoms with van der Waals surface area (Å²) in [6.07, 6.45) is 0.845. The minimum atomic E-state index is 0.422. The second kappa shape index (κ2) is 4.43. The molecule has 1 saturated heterocycles. The van der Waals surface area contributed by atoms with E-state index in [1.54, 1.807) is 0 Å². The van der Waals surface area contributed by atoms with Crippen LogP contribution in [0.1, 0.15) is 27.7 Å². The van der Waals surface area contributed by atoms with Crippen molar-refractivity contribution >= 4 is 0 Å². The summed E-state index contributed by atoms with van der Waals surface area (Å²) >= 11 is 0. The molecule has 0 aliphatic carbocycles. The topological polar surface area (TPSA) is 12.5 Å². The predicted octanol–water partition coefficient (Wildman–Crippen LogP) is 2.00. The summed E-state index contributed by atoms with van der Waals surface area (Å²) in [6, 6.07) is 0. The zero-order valence-electron chi connectivity index (χ0n) is 9.58. The third-order valence-electron chi connectivity index (χ3n) is 2.82. The molecule has 2 nitrogen and oxygen atoms in total. The molecule has 1 rings (SSSR count). The Morgan fingerprint density at radius 3 is 1.69 bits per heavy atom. The fraction of sp³-hybridized carbons (Fsp3) is 1.00. The molecule has 0 aromatic heterocycles. The standard InChI is InChI=1S/C11H23NO/c1-8(2)10-6-12(5)7-11(13-10)9(3)4/h8-11H,6-7H2,1-5H3. The van der Waals surface area contributed by atoms with Crippen molar-refractivity contribution < 1.29 is 4.74 Å². The quantitative estimate of drug-likeness (QED) is 0.652. The van der Waals surface area contributed by atoms with Gasteiger partial charge in [-0.15, -0.1) is 0 Å². The van der Waals surface area contributed by atoms with Crippen molar-refractivity contribution in [3.8, 4) is 0 Å². The Kier molecular flexibility index (Phi) is 3.74. The lowest BCUT2D eigenvalue weighted by molar-refractivity contribution is -0.113. The summed E-state index contributed by atoms with van der Waals surface area (Å²) in [5, 5.41) is 0. The van der Waals surface area contributed by atoms with E-state index in [0.29, 0.717) is 24.0 Å². The van der Waals surface area contributed by atoms with Crippen LogP contribution in [0.15, 0.2) is 0 Å². The number of nitrogens with zero attached hydrogens (tertiary/aromatic N) is 1. The van der Waals surface area contributed by atoms with Crippen LogP contribution in [0.25, 0.3) is 0 Å². The van der Waals surface area contributed by atoms with Crippen molar-refractivity contribution in [1.29, 1.82) is 0 Å². The largest absolute Gasteiger partial charge is 0.372 e. The van der Waals surface area contributed by atoms with Gasteiger partial charge in [-0.1, -0.05) is 27.7 Å². The number of ether oxygens (including phenoxy) is 1. The van der Waals surface area contributed by atoms with Gasteiger partial charge in [0.05, 0.1) is 12.2 Å². The maximum absolute atomic E-state index is 6.04. The van der Waals surface area contributed by atoms with Gasteiger partial charge >= 0.3 is 0 Å². The summed E-state index contributed by atoms with van der Waals surface area (Å²) in [5.74, 6) is 1.26. The van der Waals surface area contributed by atoms with Gasteiger partial charge in [0, 0.05) is 13.1 Å². The molecule has 0 bridgehead atoms. The Bertz CT molecular complexity index is 140. The van der Waals surface area contributed by atoms with Crippen molar-refractivity contribution in [1.82, 2.24) is 4.90 Å². The lowest BCUT2D eigenvalue weighted by atomic mass is 10.0. The van der Waals surface area contributed by atoms with Crippen LogP contribution in [-0.4, -0.2) is 37.2 Å². The molecule has 0 N–H and O–H groups in total. The molecule has 1 fully saturated rings. The number of hydrogen-bond acceptors (Lipinski definition) is 2. The number of morpholine rings is 1. The molecule has 0 aromatic rings. The number of likely N-dealkylation sites (N-methyl/N-ethyl adjacent to an activating group) is 1. The highest BCUT2D eigenvalue weighted by atomic mass is 16.5. The van der Waals surface area contributed by atoms with Gasteiger partial charge in [0.25, 0.3) is 0 Å². The summed E-state index contributed by atoms with van der Waals surface area (Å²) < 4.78 is 6.04. The molecule has 13 heavy (non-hydrogen) atoms. The summed E-state index contributed by atoms with van der Waals surface area (Å²) in [7, 11) is 2.19. The Balaban J connectivity index is 2.52. The summed E-state index contributed by atoms with van der Waals surface area (Å²) in [6.45, 7) is 11.1. The highest BCUT2D eigenvalue weighted by molar-refractivity contribution is 4.79. The number of hydrogen-bond donors (Lipinski definition) is 0. The Hall–Kier alpha value is -0.0800. The van der Waals surface area contributed by atoms with Gasteiger partial charge in [-0.2, -0.15) is 0 Å². The fourth-order valence-electron chi connectivity index (χ4n) is 1.74. The first-order valence-electron chi connectivity index (χ1n) is 5.34. The van der Waals surface area contributed by atoms with Crippen molar-refractivity contribution in [3.63, 3.8) is 0 Å². The van der Waals surface area contributed by atoms with E-state index in [0.717, 1.165) is 13.1 Å². The maximum Gasteiger partial charge on any atom is 0.0729 e. The molecule has 78 valence electrons. The van der Waals surface area contributed by atoms with E-state index in [1.807, 2.05) is 0 Å². The van der Waals surface area contributed by atoms with Gasteiger partial charge in [-0.3, -0.25) is 0 Å². The van der Waals surface area contributed by atoms with Crippen molar-refractivity contribution in [2.75, 3.05) is 20.1 Å². The molecular formula is C11H23NO. The first kappa shape index (κ1) is 11.0. The van der Waals surface area contributed by atoms with Crippen LogP contribution in [0.3, 0.4) is 0 Å². The van der Waals surface area contributed by atoms with Gasteiger partial charge in [-0.25, -0.2) is 0 Å². The van der Waals surface area contributed by atoms with E-state index in [-0.39, 0.29) is 0 Å². The molecule has 0 radical (unpaired) electrons. The maximum atomic E-state index is 6.04. The second-order valence-electron chi connectivity index (χ2n) is 4.92. The number of rotatable bonds is 2. The van der Waals surface area contributed by atoms with Crippen molar-refractivity contribution in [3.05, 3.63) is 0 Å². The van der Waals surface area contributed by atoms with E-state index in [9.17, 15) is 0 Å². The third kappa shape index (κ3) is 2.96. The highest BCUT2D eigenvalue weighted by Crippen LogP contribution is 2.20. The van der Waals surface area contributed by atoms with E-state index in [4.69, 9.17) is 4.74 Å². The zero-order chi connectivity index (χ0) is 10.0. The molecule has 0 amide bonds. The third-order valence-corrected chi connectivity index (χ3v) is 2.82. The van der Waals surface area contributed by atoms with Crippen LogP contribution in [0, 0.1) is 11.8 Å². The van der Waals surface area contributed by atoms with Crippen molar-refractivity contribution in [2.45, 2.75) is 39.9 Å². The highest BCUT2D eigenvalue weighted by Gasteiger charge is 2.29. The predicted molar refractivity (Wildman–Crippen MR) is 55.8 cm³/mol. The molecule has 2 atom stereocenters. The zero-order valence-corrected chi connectivity index (χ0v) is 9.58. The normalized spacial score (nSPS) is 31.6. The second-order valence-corrected chi connectivity index (χ2v) is 4.92. The van der Waals surface area contributed by atoms with Crippen molar-refractivity contribution in [2.24, 2.45) is 11.8 Å². The van der Waals surface area contributed by atoms with Crippen LogP contribution in [0.2, 0.25) is 0 Å². The van der Waals surface area contributed by atoms with Crippen LogP contribution >= 0.6 is 0 Å². The molecule has 0 spiro atoms. The minimum Gasteiger partial charge on any atom is -0.372 e. The van der Waals surface area contributed by atoms with Gasteiger partial charge in [0.1, 0.15) is 0 Å². The monoisotopic (exact) mass is 185 g/mol. The molecule has 1 heterocycles. The van der Waals surface area contributed by atoms with Crippen LogP contribution in [0.5, 0.6) is 0 Å². The SMILES string of the molecule is CC(C)C1CN(C)CC(C(C)C)O1.